The van der Waals surface area contributed by atoms with Crippen LogP contribution < -0.4 is 19.5 Å². The van der Waals surface area contributed by atoms with Crippen molar-refractivity contribution < 1.29 is 19.0 Å². The Morgan fingerprint density at radius 2 is 1.69 bits per heavy atom. The lowest BCUT2D eigenvalue weighted by molar-refractivity contribution is 0.0949. The lowest BCUT2D eigenvalue weighted by atomic mass is 10.1. The Hall–Kier alpha value is -4.00. The fraction of sp³-hybridized carbons (Fsp3) is 0.310. The van der Waals surface area contributed by atoms with E-state index in [0.717, 1.165) is 47.6 Å². The van der Waals surface area contributed by atoms with Crippen LogP contribution >= 0.6 is 0 Å². The molecule has 0 aliphatic heterocycles. The Morgan fingerprint density at radius 1 is 0.917 bits per heavy atom. The zero-order valence-corrected chi connectivity index (χ0v) is 21.3. The van der Waals surface area contributed by atoms with Crippen molar-refractivity contribution in [2.75, 3.05) is 20.8 Å². The summed E-state index contributed by atoms with van der Waals surface area (Å²) in [4.78, 5) is 17.6. The molecule has 4 aromatic rings. The minimum atomic E-state index is -0.198. The summed E-state index contributed by atoms with van der Waals surface area (Å²) in [5, 5.41) is 3.00. The Bertz CT molecular complexity index is 1350. The number of aryl methyl sites for hydroxylation is 3. The summed E-state index contributed by atoms with van der Waals surface area (Å²) >= 11 is 0. The predicted octanol–water partition coefficient (Wildman–Crippen LogP) is 5.46. The van der Waals surface area contributed by atoms with Gasteiger partial charge < -0.3 is 24.1 Å². The summed E-state index contributed by atoms with van der Waals surface area (Å²) in [5.74, 6) is 2.65. The van der Waals surface area contributed by atoms with Crippen LogP contribution in [-0.4, -0.2) is 36.3 Å². The van der Waals surface area contributed by atoms with Gasteiger partial charge in [0, 0.05) is 12.1 Å². The van der Waals surface area contributed by atoms with E-state index < -0.39 is 0 Å². The largest absolute Gasteiger partial charge is 0.493 e. The van der Waals surface area contributed by atoms with Crippen LogP contribution in [0, 0.1) is 13.8 Å². The fourth-order valence-electron chi connectivity index (χ4n) is 4.26. The van der Waals surface area contributed by atoms with Gasteiger partial charge >= 0.3 is 0 Å². The molecular formula is C29H33N3O4. The molecule has 36 heavy (non-hydrogen) atoms. The van der Waals surface area contributed by atoms with Gasteiger partial charge in [0.25, 0.3) is 5.91 Å². The van der Waals surface area contributed by atoms with Crippen LogP contribution in [0.4, 0.5) is 0 Å². The minimum absolute atomic E-state index is 0.198. The molecule has 0 radical (unpaired) electrons. The number of methoxy groups -OCH3 is 2. The Balaban J connectivity index is 1.39. The molecule has 7 nitrogen and oxygen atoms in total. The monoisotopic (exact) mass is 487 g/mol. The highest BCUT2D eigenvalue weighted by Crippen LogP contribution is 2.27. The van der Waals surface area contributed by atoms with Crippen LogP contribution in [0.2, 0.25) is 0 Å². The van der Waals surface area contributed by atoms with Gasteiger partial charge in [0.2, 0.25) is 0 Å². The van der Waals surface area contributed by atoms with Gasteiger partial charge in [0.05, 0.1) is 38.4 Å². The second-order valence-electron chi connectivity index (χ2n) is 8.75. The average Bonchev–Trinajstić information content (AvgIpc) is 3.25. The van der Waals surface area contributed by atoms with Crippen molar-refractivity contribution in [2.24, 2.45) is 0 Å². The Kier molecular flexibility index (Phi) is 8.10. The molecule has 7 heteroatoms. The Labute approximate surface area is 212 Å². The SMILES string of the molecule is COc1ccc(C(=O)NCc2nc3ccccc3n2CCCCOc2ccc(C)cc2C)cc1OC. The van der Waals surface area contributed by atoms with Crippen molar-refractivity contribution in [2.45, 2.75) is 39.8 Å². The maximum absolute atomic E-state index is 12.8. The number of imidazole rings is 1. The number of aromatic nitrogens is 2. The Morgan fingerprint density at radius 3 is 2.47 bits per heavy atom. The van der Waals surface area contributed by atoms with E-state index in [1.807, 2.05) is 24.3 Å². The van der Waals surface area contributed by atoms with E-state index in [1.165, 1.54) is 5.56 Å². The van der Waals surface area contributed by atoms with E-state index in [2.05, 4.69) is 41.9 Å². The first-order chi connectivity index (χ1) is 17.5. The zero-order chi connectivity index (χ0) is 25.5. The smallest absolute Gasteiger partial charge is 0.251 e. The van der Waals surface area contributed by atoms with Crippen molar-refractivity contribution >= 4 is 16.9 Å². The summed E-state index contributed by atoms with van der Waals surface area (Å²) in [6, 6.07) is 19.4. The van der Waals surface area contributed by atoms with Crippen molar-refractivity contribution in [3.63, 3.8) is 0 Å². The first kappa shape index (κ1) is 25.1. The second-order valence-corrected chi connectivity index (χ2v) is 8.75. The molecule has 1 amide bonds. The van der Waals surface area contributed by atoms with Crippen LogP contribution in [0.3, 0.4) is 0 Å². The van der Waals surface area contributed by atoms with Gasteiger partial charge in [-0.25, -0.2) is 4.98 Å². The number of fused-ring (bicyclic) bond motifs is 1. The molecule has 0 aliphatic rings. The number of ether oxygens (including phenoxy) is 3. The van der Waals surface area contributed by atoms with Gasteiger partial charge in [-0.15, -0.1) is 0 Å². The highest BCUT2D eigenvalue weighted by Gasteiger charge is 2.14. The van der Waals surface area contributed by atoms with Crippen LogP contribution in [-0.2, 0) is 13.1 Å². The number of nitrogens with one attached hydrogen (secondary N) is 1. The summed E-state index contributed by atoms with van der Waals surface area (Å²) in [6.07, 6.45) is 1.85. The average molecular weight is 488 g/mol. The maximum Gasteiger partial charge on any atom is 0.251 e. The maximum atomic E-state index is 12.8. The highest BCUT2D eigenvalue weighted by atomic mass is 16.5. The number of benzene rings is 3. The van der Waals surface area contributed by atoms with E-state index in [9.17, 15) is 4.79 Å². The molecule has 0 saturated carbocycles. The molecule has 0 unspecified atom stereocenters. The van der Waals surface area contributed by atoms with Crippen LogP contribution in [0.5, 0.6) is 17.2 Å². The molecule has 188 valence electrons. The van der Waals surface area contributed by atoms with Crippen molar-refractivity contribution in [1.29, 1.82) is 0 Å². The van der Waals surface area contributed by atoms with E-state index in [0.29, 0.717) is 30.2 Å². The number of nitrogens with zero attached hydrogens (tertiary/aromatic N) is 2. The third kappa shape index (κ3) is 5.79. The van der Waals surface area contributed by atoms with E-state index >= 15 is 0 Å². The molecule has 0 aliphatic carbocycles. The number of hydrogen-bond acceptors (Lipinski definition) is 5. The summed E-state index contributed by atoms with van der Waals surface area (Å²) < 4.78 is 18.8. The van der Waals surface area contributed by atoms with Gasteiger partial charge in [-0.05, 0) is 68.7 Å². The van der Waals surface area contributed by atoms with Crippen LogP contribution in [0.15, 0.2) is 60.7 Å². The third-order valence-corrected chi connectivity index (χ3v) is 6.15. The standard InChI is InChI=1S/C29H33N3O4/c1-20-11-13-25(21(2)17-20)36-16-8-7-15-32-24-10-6-5-9-23(24)31-28(32)19-30-29(33)22-12-14-26(34-3)27(18-22)35-4/h5-6,9-14,17-18H,7-8,15-16,19H2,1-4H3,(H,30,33). The van der Waals surface area contributed by atoms with Gasteiger partial charge in [0.1, 0.15) is 11.6 Å². The third-order valence-electron chi connectivity index (χ3n) is 6.15. The van der Waals surface area contributed by atoms with Gasteiger partial charge in [0.15, 0.2) is 11.5 Å². The van der Waals surface area contributed by atoms with Crippen molar-refractivity contribution in [1.82, 2.24) is 14.9 Å². The molecule has 0 atom stereocenters. The highest BCUT2D eigenvalue weighted by molar-refractivity contribution is 5.94. The molecule has 0 saturated heterocycles. The molecule has 4 rings (SSSR count). The van der Waals surface area contributed by atoms with E-state index in [-0.39, 0.29) is 5.91 Å². The fourth-order valence-corrected chi connectivity index (χ4v) is 4.26. The van der Waals surface area contributed by atoms with Crippen molar-refractivity contribution in [3.05, 3.63) is 83.2 Å². The van der Waals surface area contributed by atoms with Crippen LogP contribution in [0.25, 0.3) is 11.0 Å². The molecular weight excluding hydrogens is 454 g/mol. The number of unbranched alkanes of at least 4 members (excludes halogenated alkanes) is 1. The quantitative estimate of drug-likeness (QED) is 0.284. The minimum Gasteiger partial charge on any atom is -0.493 e. The zero-order valence-electron chi connectivity index (χ0n) is 21.3. The summed E-state index contributed by atoms with van der Waals surface area (Å²) in [7, 11) is 3.12. The molecule has 0 bridgehead atoms. The van der Waals surface area contributed by atoms with E-state index in [4.69, 9.17) is 19.2 Å². The number of carbonyl (C=O) groups is 1. The lowest BCUT2D eigenvalue weighted by Crippen LogP contribution is -2.25. The second kappa shape index (κ2) is 11.6. The molecule has 0 spiro atoms. The summed E-state index contributed by atoms with van der Waals surface area (Å²) in [5.41, 5.74) is 4.86. The molecule has 1 heterocycles. The topological polar surface area (TPSA) is 74.6 Å². The number of rotatable bonds is 11. The number of carbonyl (C=O) groups excluding carboxylic acids is 1. The van der Waals surface area contributed by atoms with Crippen molar-refractivity contribution in [3.8, 4) is 17.2 Å². The molecule has 1 aromatic heterocycles. The lowest BCUT2D eigenvalue weighted by Gasteiger charge is -2.12. The first-order valence-electron chi connectivity index (χ1n) is 12.1. The summed E-state index contributed by atoms with van der Waals surface area (Å²) in [6.45, 7) is 5.92. The van der Waals surface area contributed by atoms with Gasteiger partial charge in [-0.2, -0.15) is 0 Å². The predicted molar refractivity (Wildman–Crippen MR) is 141 cm³/mol. The van der Waals surface area contributed by atoms with Crippen LogP contribution in [0.1, 0.15) is 40.2 Å². The number of para-hydroxylation sites is 2. The molecule has 1 N–H and O–H groups in total. The number of amides is 1. The van der Waals surface area contributed by atoms with Gasteiger partial charge in [-0.3, -0.25) is 4.79 Å². The normalized spacial score (nSPS) is 10.9. The first-order valence-corrected chi connectivity index (χ1v) is 12.1. The number of hydrogen-bond donors (Lipinski definition) is 1. The molecule has 3 aromatic carbocycles. The van der Waals surface area contributed by atoms with E-state index in [1.54, 1.807) is 32.4 Å². The van der Waals surface area contributed by atoms with Gasteiger partial charge in [-0.1, -0.05) is 29.8 Å². The molecule has 0 fully saturated rings.